The summed E-state index contributed by atoms with van der Waals surface area (Å²) in [6.07, 6.45) is -0.0614. The minimum atomic E-state index is -2.74. The van der Waals surface area contributed by atoms with Crippen molar-refractivity contribution in [1.29, 1.82) is 0 Å². The van der Waals surface area contributed by atoms with Crippen molar-refractivity contribution < 1.29 is 34.8 Å². The van der Waals surface area contributed by atoms with Gasteiger partial charge in [-0.1, -0.05) is 58.0 Å². The molecule has 0 aliphatic heterocycles. The van der Waals surface area contributed by atoms with Gasteiger partial charge in [0.05, 0.1) is 12.8 Å². The molecule has 0 spiro atoms. The van der Waals surface area contributed by atoms with Crippen LogP contribution in [0.3, 0.4) is 0 Å². The maximum absolute atomic E-state index is 10.3. The van der Waals surface area contributed by atoms with E-state index in [1.165, 1.54) is 5.56 Å². The van der Waals surface area contributed by atoms with Crippen LogP contribution in [0.15, 0.2) is 30.3 Å². The first-order chi connectivity index (χ1) is 18.9. The fourth-order valence-corrected chi connectivity index (χ4v) is 4.21. The van der Waals surface area contributed by atoms with Gasteiger partial charge in [-0.15, -0.1) is 0 Å². The lowest BCUT2D eigenvalue weighted by molar-refractivity contribution is -0.170. The SMILES string of the molecule is CCN(CC)CCNC(=S)N(CCCc1ccccc1)CCN(CC)CC.O=C(O)CC(O)(CC(=O)O)C(=O)O. The van der Waals surface area contributed by atoms with Gasteiger partial charge in [-0.2, -0.15) is 0 Å². The number of hydrogen-bond donors (Lipinski definition) is 5. The number of rotatable bonds is 19. The molecule has 12 heteroatoms. The van der Waals surface area contributed by atoms with Crippen LogP contribution in [0.5, 0.6) is 0 Å². The lowest BCUT2D eigenvalue weighted by Gasteiger charge is -2.29. The summed E-state index contributed by atoms with van der Waals surface area (Å²) in [6, 6.07) is 10.7. The highest BCUT2D eigenvalue weighted by Crippen LogP contribution is 2.15. The molecule has 0 heterocycles. The van der Waals surface area contributed by atoms with Gasteiger partial charge in [0.15, 0.2) is 10.7 Å². The molecule has 228 valence electrons. The number of thiocarbonyl (C=S) groups is 1. The van der Waals surface area contributed by atoms with Gasteiger partial charge >= 0.3 is 17.9 Å². The van der Waals surface area contributed by atoms with Crippen molar-refractivity contribution in [3.8, 4) is 0 Å². The van der Waals surface area contributed by atoms with Crippen LogP contribution in [0.4, 0.5) is 0 Å². The van der Waals surface area contributed by atoms with E-state index in [2.05, 4.69) is 78.0 Å². The quantitative estimate of drug-likeness (QED) is 0.152. The highest BCUT2D eigenvalue weighted by atomic mass is 32.1. The molecule has 0 unspecified atom stereocenters. The van der Waals surface area contributed by atoms with Crippen LogP contribution < -0.4 is 5.32 Å². The summed E-state index contributed by atoms with van der Waals surface area (Å²) in [4.78, 5) is 37.7. The van der Waals surface area contributed by atoms with Crippen LogP contribution in [0.25, 0.3) is 0 Å². The first-order valence-corrected chi connectivity index (χ1v) is 14.2. The van der Waals surface area contributed by atoms with Crippen molar-refractivity contribution in [3.05, 3.63) is 35.9 Å². The Morgan fingerprint density at radius 2 is 1.30 bits per heavy atom. The third-order valence-electron chi connectivity index (χ3n) is 6.49. The Kier molecular flexibility index (Phi) is 19.5. The lowest BCUT2D eigenvalue weighted by atomic mass is 9.96. The summed E-state index contributed by atoms with van der Waals surface area (Å²) >= 11 is 5.73. The summed E-state index contributed by atoms with van der Waals surface area (Å²) in [6.45, 7) is 18.3. The van der Waals surface area contributed by atoms with Gasteiger partial charge in [-0.25, -0.2) is 4.79 Å². The molecule has 1 aromatic rings. The third-order valence-corrected chi connectivity index (χ3v) is 6.89. The molecule has 0 fully saturated rings. The molecule has 0 aliphatic carbocycles. The second-order valence-corrected chi connectivity index (χ2v) is 9.73. The minimum Gasteiger partial charge on any atom is -0.481 e. The van der Waals surface area contributed by atoms with Gasteiger partial charge in [-0.05, 0) is 56.8 Å². The molecule has 0 saturated carbocycles. The zero-order valence-corrected chi connectivity index (χ0v) is 25.2. The van der Waals surface area contributed by atoms with Crippen molar-refractivity contribution in [2.24, 2.45) is 0 Å². The van der Waals surface area contributed by atoms with Gasteiger partial charge < -0.3 is 40.4 Å². The largest absolute Gasteiger partial charge is 0.481 e. The fraction of sp³-hybridized carbons (Fsp3) is 0.643. The molecule has 11 nitrogen and oxygen atoms in total. The van der Waals surface area contributed by atoms with E-state index in [0.29, 0.717) is 0 Å². The van der Waals surface area contributed by atoms with E-state index in [1.807, 2.05) is 0 Å². The Morgan fingerprint density at radius 3 is 1.75 bits per heavy atom. The van der Waals surface area contributed by atoms with E-state index >= 15 is 0 Å². The summed E-state index contributed by atoms with van der Waals surface area (Å²) in [5.41, 5.74) is -1.33. The van der Waals surface area contributed by atoms with Crippen LogP contribution >= 0.6 is 12.2 Å². The Labute approximate surface area is 243 Å². The van der Waals surface area contributed by atoms with E-state index in [4.69, 9.17) is 32.6 Å². The standard InChI is InChI=1S/C22H40N4S.C6H8O7/c1-5-24(6-2)18-16-23-22(27)26(20-19-25(7-3)8-4)17-12-15-21-13-10-9-11-14-21;7-3(8)1-6(13,5(11)12)2-4(9)10/h9-11,13-14H,5-8,12,15-20H2,1-4H3,(H,23,27);13H,1-2H2,(H,7,8)(H,9,10)(H,11,12). The molecule has 0 bridgehead atoms. The molecular formula is C28H48N4O7S. The molecule has 0 amide bonds. The van der Waals surface area contributed by atoms with Crippen LogP contribution in [-0.2, 0) is 20.8 Å². The van der Waals surface area contributed by atoms with Crippen molar-refractivity contribution in [1.82, 2.24) is 20.0 Å². The van der Waals surface area contributed by atoms with Crippen LogP contribution in [0, 0.1) is 0 Å². The Bertz CT molecular complexity index is 865. The maximum atomic E-state index is 10.3. The van der Waals surface area contributed by atoms with Gasteiger partial charge in [-0.3, -0.25) is 9.59 Å². The zero-order valence-electron chi connectivity index (χ0n) is 24.3. The number of hydrogen-bond acceptors (Lipinski definition) is 7. The summed E-state index contributed by atoms with van der Waals surface area (Å²) in [5.74, 6) is -5.02. The third kappa shape index (κ3) is 16.3. The molecule has 0 aromatic heterocycles. The highest BCUT2D eigenvalue weighted by Gasteiger charge is 2.40. The molecule has 40 heavy (non-hydrogen) atoms. The van der Waals surface area contributed by atoms with Crippen molar-refractivity contribution in [3.63, 3.8) is 0 Å². The van der Waals surface area contributed by atoms with Gasteiger partial charge in [0.2, 0.25) is 0 Å². The number of likely N-dealkylation sites (N-methyl/N-ethyl adjacent to an activating group) is 2. The van der Waals surface area contributed by atoms with Gasteiger partial charge in [0.1, 0.15) is 0 Å². The number of aryl methyl sites for hydroxylation is 1. The molecule has 1 rings (SSSR count). The molecule has 0 radical (unpaired) electrons. The van der Waals surface area contributed by atoms with E-state index in [-0.39, 0.29) is 0 Å². The fourth-order valence-electron chi connectivity index (χ4n) is 3.92. The molecule has 0 atom stereocenters. The average Bonchev–Trinajstić information content (AvgIpc) is 2.90. The molecule has 0 saturated heterocycles. The summed E-state index contributed by atoms with van der Waals surface area (Å²) in [7, 11) is 0. The van der Waals surface area contributed by atoms with Crippen LogP contribution in [-0.4, -0.2) is 123 Å². The topological polar surface area (TPSA) is 154 Å². The van der Waals surface area contributed by atoms with E-state index < -0.39 is 36.4 Å². The molecular weight excluding hydrogens is 536 g/mol. The monoisotopic (exact) mass is 584 g/mol. The first kappa shape index (κ1) is 37.2. The van der Waals surface area contributed by atoms with Crippen LogP contribution in [0.2, 0.25) is 0 Å². The maximum Gasteiger partial charge on any atom is 0.336 e. The predicted octanol–water partition coefficient (Wildman–Crippen LogP) is 2.23. The second-order valence-electron chi connectivity index (χ2n) is 9.34. The van der Waals surface area contributed by atoms with Crippen molar-refractivity contribution >= 4 is 35.2 Å². The number of carbonyl (C=O) groups is 3. The highest BCUT2D eigenvalue weighted by molar-refractivity contribution is 7.80. The number of nitrogens with zero attached hydrogens (tertiary/aromatic N) is 3. The van der Waals surface area contributed by atoms with Crippen molar-refractivity contribution in [2.75, 3.05) is 58.9 Å². The average molecular weight is 585 g/mol. The lowest BCUT2D eigenvalue weighted by Crippen LogP contribution is -2.46. The zero-order chi connectivity index (χ0) is 30.6. The molecule has 5 N–H and O–H groups in total. The normalized spacial score (nSPS) is 11.1. The Balaban J connectivity index is 0.000000983. The Morgan fingerprint density at radius 1 is 0.800 bits per heavy atom. The smallest absolute Gasteiger partial charge is 0.336 e. The van der Waals surface area contributed by atoms with Gasteiger partial charge in [0, 0.05) is 32.7 Å². The number of carboxylic acids is 3. The number of aliphatic carboxylic acids is 3. The summed E-state index contributed by atoms with van der Waals surface area (Å²) < 4.78 is 0. The number of nitrogens with one attached hydrogen (secondary N) is 1. The Hall–Kier alpha value is -2.80. The number of carboxylic acid groups (broad SMARTS) is 3. The van der Waals surface area contributed by atoms with Crippen LogP contribution in [0.1, 0.15) is 52.5 Å². The van der Waals surface area contributed by atoms with Crippen molar-refractivity contribution in [2.45, 2.75) is 59.0 Å². The first-order valence-electron chi connectivity index (χ1n) is 13.8. The number of aliphatic hydroxyl groups is 1. The van der Waals surface area contributed by atoms with E-state index in [9.17, 15) is 14.4 Å². The van der Waals surface area contributed by atoms with E-state index in [0.717, 1.165) is 76.9 Å². The second kappa shape index (κ2) is 21.0. The van der Waals surface area contributed by atoms with E-state index in [1.54, 1.807) is 0 Å². The molecule has 0 aliphatic rings. The predicted molar refractivity (Wildman–Crippen MR) is 160 cm³/mol. The molecule has 1 aromatic carbocycles. The van der Waals surface area contributed by atoms with Gasteiger partial charge in [0.25, 0.3) is 0 Å². The minimum absolute atomic E-state index is 0.905. The number of benzene rings is 1. The summed E-state index contributed by atoms with van der Waals surface area (Å²) in [5, 5.41) is 38.2.